The first-order valence-electron chi connectivity index (χ1n) is 17.2. The lowest BCUT2D eigenvalue weighted by Crippen LogP contribution is -2.67. The molecule has 0 spiro atoms. The number of ketones is 2. The number of aliphatic hydroxyl groups excluding tert-OH is 1. The average Bonchev–Trinajstić information content (AvgIpc) is 3.19. The van der Waals surface area contributed by atoms with Gasteiger partial charge in [-0.1, -0.05) is 103 Å². The topological polar surface area (TPSA) is 197 Å². The van der Waals surface area contributed by atoms with Gasteiger partial charge in [0.1, 0.15) is 42.1 Å². The minimum absolute atomic E-state index is 0.162. The van der Waals surface area contributed by atoms with Crippen LogP contribution in [0.15, 0.2) is 115 Å². The first kappa shape index (κ1) is 41.3. The van der Waals surface area contributed by atoms with Gasteiger partial charge < -0.3 is 19.3 Å². The van der Waals surface area contributed by atoms with Crippen LogP contribution in [0.1, 0.15) is 26.3 Å². The van der Waals surface area contributed by atoms with Gasteiger partial charge in [-0.3, -0.25) is 34.2 Å². The van der Waals surface area contributed by atoms with E-state index in [1.165, 1.54) is 38.1 Å². The van der Waals surface area contributed by atoms with Gasteiger partial charge in [-0.15, -0.1) is 0 Å². The number of benzene rings is 4. The van der Waals surface area contributed by atoms with Crippen LogP contribution in [-0.4, -0.2) is 79.2 Å². The van der Waals surface area contributed by atoms with Gasteiger partial charge in [0.15, 0.2) is 5.78 Å². The van der Waals surface area contributed by atoms with E-state index in [1.807, 2.05) is 0 Å². The van der Waals surface area contributed by atoms with E-state index in [-0.39, 0.29) is 17.7 Å². The Kier molecular flexibility index (Phi) is 13.4. The van der Waals surface area contributed by atoms with E-state index in [0.717, 1.165) is 11.8 Å². The largest absolute Gasteiger partial charge is 0.508 e. The number of hydrogen-bond acceptors (Lipinski definition) is 13. The number of hydrogen-bond donors (Lipinski definition) is 1. The molecule has 4 atom stereocenters. The molecule has 4 aromatic rings. The fourth-order valence-corrected chi connectivity index (χ4v) is 11.9. The van der Waals surface area contributed by atoms with Gasteiger partial charge in [-0.05, 0) is 54.4 Å². The fourth-order valence-electron chi connectivity index (χ4n) is 6.12. The molecule has 1 saturated heterocycles. The molecule has 0 bridgehead atoms. The van der Waals surface area contributed by atoms with Crippen LogP contribution in [-0.2, 0) is 44.8 Å². The van der Waals surface area contributed by atoms with Crippen molar-refractivity contribution in [2.45, 2.75) is 45.0 Å². The molecule has 1 amide bonds. The molecule has 1 fully saturated rings. The zero-order valence-electron chi connectivity index (χ0n) is 30.4. The van der Waals surface area contributed by atoms with Crippen LogP contribution >= 0.6 is 18.6 Å². The second-order valence-electron chi connectivity index (χ2n) is 12.6. The molecule has 16 heteroatoms. The second kappa shape index (κ2) is 18.2. The van der Waals surface area contributed by atoms with E-state index < -0.39 is 76.6 Å². The molecule has 0 aliphatic carbocycles. The number of aliphatic hydroxyl groups is 1. The van der Waals surface area contributed by atoms with Crippen LogP contribution in [0.3, 0.4) is 0 Å². The lowest BCUT2D eigenvalue weighted by molar-refractivity contribution is -0.384. The first-order valence-corrected chi connectivity index (χ1v) is 19.9. The molecule has 290 valence electrons. The number of nitro groups is 1. The molecule has 0 aromatic heterocycles. The number of esters is 1. The number of β-lactam (4-membered cyclic amide) rings is 1. The number of likely N-dealkylation sites (tertiary alicyclic amines) is 1. The number of Topliss-reactive ketones (excluding diaryl/α,β-unsaturated/α-hetero) is 2. The molecule has 0 saturated carbocycles. The smallest absolute Gasteiger partial charge is 0.453 e. The third kappa shape index (κ3) is 8.81. The highest BCUT2D eigenvalue weighted by molar-refractivity contribution is 8.16. The molecule has 4 aromatic carbocycles. The van der Waals surface area contributed by atoms with Gasteiger partial charge in [0.05, 0.1) is 4.92 Å². The summed E-state index contributed by atoms with van der Waals surface area (Å²) >= 11 is 0.376. The summed E-state index contributed by atoms with van der Waals surface area (Å²) in [5, 5.41) is 20.3. The summed E-state index contributed by atoms with van der Waals surface area (Å²) in [6.07, 6.45) is -4.20. The molecule has 5 rings (SSSR count). The van der Waals surface area contributed by atoms with Crippen molar-refractivity contribution in [3.63, 3.8) is 0 Å². The maximum Gasteiger partial charge on any atom is 0.508 e. The summed E-state index contributed by atoms with van der Waals surface area (Å²) in [5.74, 6) is -4.78. The Labute approximate surface area is 325 Å². The van der Waals surface area contributed by atoms with E-state index in [4.69, 9.17) is 14.2 Å². The molecular weight excluding hydrogens is 763 g/mol. The highest BCUT2D eigenvalue weighted by Crippen LogP contribution is 2.51. The van der Waals surface area contributed by atoms with Crippen LogP contribution in [0, 0.1) is 16.0 Å². The fraction of sp³-hybridized carbons (Fsp3) is 0.225. The van der Waals surface area contributed by atoms with Crippen molar-refractivity contribution in [3.05, 3.63) is 131 Å². The molecule has 0 radical (unpaired) electrons. The van der Waals surface area contributed by atoms with Crippen molar-refractivity contribution in [2.75, 3.05) is 6.61 Å². The molecular formula is C40H37N2O12PS. The Balaban J connectivity index is 1.67. The Morgan fingerprint density at radius 2 is 1.32 bits per heavy atom. The summed E-state index contributed by atoms with van der Waals surface area (Å²) in [6, 6.07) is 32.0. The van der Waals surface area contributed by atoms with Crippen molar-refractivity contribution in [1.29, 1.82) is 0 Å². The Bertz CT molecular complexity index is 2080. The third-order valence-electron chi connectivity index (χ3n) is 8.75. The maximum absolute atomic E-state index is 14.7. The first-order chi connectivity index (χ1) is 26.8. The van der Waals surface area contributed by atoms with Crippen molar-refractivity contribution in [2.24, 2.45) is 5.92 Å². The quantitative estimate of drug-likeness (QED) is 0.0455. The number of non-ortho nitro benzene ring substituents is 1. The summed E-state index contributed by atoms with van der Waals surface area (Å²) in [6.45, 7) is -0.743. The Morgan fingerprint density at radius 1 is 0.821 bits per heavy atom. The zero-order chi connectivity index (χ0) is 40.6. The normalized spacial score (nSPS) is 16.1. The number of rotatable bonds is 15. The van der Waals surface area contributed by atoms with Crippen molar-refractivity contribution in [3.8, 4) is 0 Å². The van der Waals surface area contributed by atoms with E-state index in [0.29, 0.717) is 33.2 Å². The molecule has 1 aliphatic heterocycles. The predicted molar refractivity (Wildman–Crippen MR) is 209 cm³/mol. The van der Waals surface area contributed by atoms with Crippen molar-refractivity contribution >= 4 is 80.4 Å². The van der Waals surface area contributed by atoms with Crippen LogP contribution in [0.4, 0.5) is 10.5 Å². The maximum atomic E-state index is 14.7. The SMILES string of the molecule is CC(=O)COC(=O)C(N1C(=O)C(C(C)OC(=O)OCc2ccc([N+](=O)[O-])cc2)[C@H]1SC(=O)C(=O)C(C)O)=P(c1ccccc1)(c1ccccc1)c1ccccc1. The molecule has 1 aliphatic rings. The highest BCUT2D eigenvalue weighted by Gasteiger charge is 2.58. The lowest BCUT2D eigenvalue weighted by Gasteiger charge is -2.50. The molecule has 14 nitrogen and oxygen atoms in total. The number of thioether (sulfide) groups is 1. The van der Waals surface area contributed by atoms with E-state index in [1.54, 1.807) is 91.0 Å². The van der Waals surface area contributed by atoms with Gasteiger partial charge in [-0.25, -0.2) is 9.59 Å². The Hall–Kier alpha value is -5.89. The third-order valence-corrected chi connectivity index (χ3v) is 14.2. The number of carbonyl (C=O) groups excluding carboxylic acids is 6. The van der Waals surface area contributed by atoms with Crippen LogP contribution < -0.4 is 15.9 Å². The number of ether oxygens (including phenoxy) is 3. The molecule has 56 heavy (non-hydrogen) atoms. The summed E-state index contributed by atoms with van der Waals surface area (Å²) in [4.78, 5) is 92.1. The number of nitro benzene ring substituents is 1. The van der Waals surface area contributed by atoms with Crippen molar-refractivity contribution in [1.82, 2.24) is 4.90 Å². The molecule has 1 N–H and O–H groups in total. The zero-order valence-corrected chi connectivity index (χ0v) is 32.1. The number of amides is 1. The van der Waals surface area contributed by atoms with Crippen molar-refractivity contribution < 1.29 is 53.0 Å². The van der Waals surface area contributed by atoms with Crippen LogP contribution in [0.2, 0.25) is 0 Å². The summed E-state index contributed by atoms with van der Waals surface area (Å²) in [7, 11) is 0. The predicted octanol–water partition coefficient (Wildman–Crippen LogP) is 3.89. The molecule has 1 heterocycles. The van der Waals surface area contributed by atoms with E-state index >= 15 is 0 Å². The van der Waals surface area contributed by atoms with E-state index in [9.17, 15) is 44.0 Å². The van der Waals surface area contributed by atoms with Gasteiger partial charge in [0.2, 0.25) is 11.7 Å². The lowest BCUT2D eigenvalue weighted by atomic mass is 9.92. The van der Waals surface area contributed by atoms with Gasteiger partial charge in [-0.2, -0.15) is 0 Å². The molecule has 3 unspecified atom stereocenters. The average molecular weight is 801 g/mol. The summed E-state index contributed by atoms with van der Waals surface area (Å²) in [5.41, 5.74) is 0.0456. The second-order valence-corrected chi connectivity index (χ2v) is 17.0. The standard InChI is InChI=1S/C40H37N2O12PS/c1-25(43)23-52-38(47)36(55(30-13-7-4-8-14-30,31-15-9-5-10-16-31)32-17-11-6-12-18-32)41-35(46)33(37(41)56-39(48)34(45)26(2)44)27(3)54-40(49)53-24-28-19-21-29(22-20-28)42(50)51/h4-22,26-27,33,37,44H,23-24H2,1-3H3/t26?,27?,33?,37-/m1/s1. The Morgan fingerprint density at radius 3 is 1.77 bits per heavy atom. The monoisotopic (exact) mass is 800 g/mol. The van der Waals surface area contributed by atoms with Gasteiger partial charge >= 0.3 is 12.1 Å². The van der Waals surface area contributed by atoms with Gasteiger partial charge in [0.25, 0.3) is 10.8 Å². The van der Waals surface area contributed by atoms with Gasteiger partial charge in [0, 0.05) is 19.0 Å². The minimum Gasteiger partial charge on any atom is -0.453 e. The van der Waals surface area contributed by atoms with Crippen LogP contribution in [0.25, 0.3) is 0 Å². The van der Waals surface area contributed by atoms with E-state index in [2.05, 4.69) is 0 Å². The summed E-state index contributed by atoms with van der Waals surface area (Å²) < 4.78 is 16.3. The number of nitrogens with zero attached hydrogens (tertiary/aromatic N) is 2. The van der Waals surface area contributed by atoms with Crippen LogP contribution in [0.5, 0.6) is 0 Å². The number of carbonyl (C=O) groups is 6. The highest BCUT2D eigenvalue weighted by atomic mass is 32.2. The minimum atomic E-state index is -3.50.